The number of rotatable bonds is 5. The van der Waals surface area contributed by atoms with Gasteiger partial charge in [0.2, 0.25) is 0 Å². The molecule has 2 atom stereocenters. The van der Waals surface area contributed by atoms with Crippen molar-refractivity contribution in [1.82, 2.24) is 4.90 Å². The molecule has 31 heavy (non-hydrogen) atoms. The number of hydrogen-bond donors (Lipinski definition) is 5. The number of carboxylic acids is 1. The average molecular weight is 425 g/mol. The number of carbonyl (C=O) groups is 1. The zero-order chi connectivity index (χ0) is 22.7. The molecular formula is C23H28N4O4. The highest BCUT2D eigenvalue weighted by Gasteiger charge is 2.29. The normalized spacial score (nSPS) is 19.2. The summed E-state index contributed by atoms with van der Waals surface area (Å²) in [6.45, 7) is 4.70. The van der Waals surface area contributed by atoms with Crippen LogP contribution in [0.15, 0.2) is 60.1 Å². The molecule has 8 nitrogen and oxygen atoms in total. The molecule has 1 aliphatic heterocycles. The number of nitrogens with two attached hydrogens (primary N) is 3. The highest BCUT2D eigenvalue weighted by molar-refractivity contribution is 5.89. The molecule has 1 fully saturated rings. The second-order valence-electron chi connectivity index (χ2n) is 7.68. The molecule has 8 heteroatoms. The van der Waals surface area contributed by atoms with Crippen molar-refractivity contribution in [2.45, 2.75) is 26.1 Å². The van der Waals surface area contributed by atoms with Gasteiger partial charge in [0.1, 0.15) is 17.7 Å². The van der Waals surface area contributed by atoms with Crippen molar-refractivity contribution in [2.75, 3.05) is 13.1 Å². The van der Waals surface area contributed by atoms with Gasteiger partial charge < -0.3 is 37.1 Å². The predicted molar refractivity (Wildman–Crippen MR) is 119 cm³/mol. The number of nitrogens with zero attached hydrogens (tertiary/aromatic N) is 1. The quantitative estimate of drug-likeness (QED) is 0.459. The van der Waals surface area contributed by atoms with Crippen LogP contribution in [0, 0.1) is 6.92 Å². The molecule has 2 aromatic rings. The number of carboxylic acid groups (broad SMARTS) is 1. The van der Waals surface area contributed by atoms with Crippen LogP contribution in [0.3, 0.4) is 0 Å². The van der Waals surface area contributed by atoms with E-state index in [1.807, 2.05) is 17.9 Å². The van der Waals surface area contributed by atoms with Gasteiger partial charge in [-0.1, -0.05) is 24.3 Å². The maximum Gasteiger partial charge on any atom is 0.335 e. The Labute approximate surface area is 181 Å². The molecule has 0 amide bonds. The summed E-state index contributed by atoms with van der Waals surface area (Å²) in [6, 6.07) is 11.9. The van der Waals surface area contributed by atoms with Crippen LogP contribution in [-0.4, -0.2) is 40.3 Å². The fourth-order valence-electron chi connectivity index (χ4n) is 3.76. The zero-order valence-corrected chi connectivity index (χ0v) is 17.6. The third-order valence-electron chi connectivity index (χ3n) is 5.26. The third kappa shape index (κ3) is 4.92. The van der Waals surface area contributed by atoms with E-state index in [1.165, 1.54) is 0 Å². The van der Waals surface area contributed by atoms with Crippen LogP contribution < -0.4 is 17.2 Å². The van der Waals surface area contributed by atoms with Crippen LogP contribution in [-0.2, 0) is 4.74 Å². The number of ether oxygens (including phenoxy) is 1. The maximum atomic E-state index is 11.3. The van der Waals surface area contributed by atoms with Crippen LogP contribution in [0.5, 0.6) is 5.75 Å². The summed E-state index contributed by atoms with van der Waals surface area (Å²) in [5, 5.41) is 19.4. The molecular weight excluding hydrogens is 396 g/mol. The molecule has 1 aliphatic rings. The van der Waals surface area contributed by atoms with E-state index in [4.69, 9.17) is 21.9 Å². The van der Waals surface area contributed by atoms with Gasteiger partial charge in [-0.25, -0.2) is 4.79 Å². The molecule has 0 saturated carbocycles. The summed E-state index contributed by atoms with van der Waals surface area (Å²) in [4.78, 5) is 13.3. The van der Waals surface area contributed by atoms with Crippen molar-refractivity contribution in [3.63, 3.8) is 0 Å². The van der Waals surface area contributed by atoms with Gasteiger partial charge in [0.25, 0.3) is 0 Å². The first kappa shape index (κ1) is 22.0. The summed E-state index contributed by atoms with van der Waals surface area (Å²) in [7, 11) is 0. The minimum Gasteiger partial charge on any atom is -0.507 e. The Morgan fingerprint density at radius 3 is 2.45 bits per heavy atom. The van der Waals surface area contributed by atoms with Crippen molar-refractivity contribution in [3.8, 4) is 5.75 Å². The fraction of sp³-hybridized carbons (Fsp3) is 0.261. The topological polar surface area (TPSA) is 148 Å². The molecule has 0 aliphatic carbocycles. The summed E-state index contributed by atoms with van der Waals surface area (Å²) in [5.41, 5.74) is 21.3. The van der Waals surface area contributed by atoms with Gasteiger partial charge in [0.05, 0.1) is 17.4 Å². The van der Waals surface area contributed by atoms with E-state index in [2.05, 4.69) is 0 Å². The van der Waals surface area contributed by atoms with Crippen molar-refractivity contribution in [2.24, 2.45) is 17.2 Å². The summed E-state index contributed by atoms with van der Waals surface area (Å²) >= 11 is 0. The Bertz CT molecular complexity index is 1040. The first-order valence-corrected chi connectivity index (χ1v) is 9.92. The molecule has 0 spiro atoms. The molecule has 2 aromatic carbocycles. The van der Waals surface area contributed by atoms with E-state index < -0.39 is 5.97 Å². The maximum absolute atomic E-state index is 11.3. The van der Waals surface area contributed by atoms with Crippen LogP contribution in [0.4, 0.5) is 0 Å². The van der Waals surface area contributed by atoms with E-state index in [0.717, 1.165) is 5.56 Å². The summed E-state index contributed by atoms with van der Waals surface area (Å²) < 4.78 is 6.11. The number of aromatic carboxylic acids is 1. The van der Waals surface area contributed by atoms with Crippen LogP contribution in [0.1, 0.15) is 40.1 Å². The lowest BCUT2D eigenvalue weighted by atomic mass is 10.00. The van der Waals surface area contributed by atoms with Gasteiger partial charge in [-0.2, -0.15) is 0 Å². The Morgan fingerprint density at radius 1 is 1.13 bits per heavy atom. The Morgan fingerprint density at radius 2 is 1.84 bits per heavy atom. The predicted octanol–water partition coefficient (Wildman–Crippen LogP) is 2.25. The molecule has 8 N–H and O–H groups in total. The SMILES string of the molecule is Cc1cc(C2CN(C(/C=C(\N)c3ccccc3O)=C(N)N)CC(C)O2)ccc1C(=O)O. The van der Waals surface area contributed by atoms with Crippen molar-refractivity contribution in [1.29, 1.82) is 0 Å². The summed E-state index contributed by atoms with van der Waals surface area (Å²) in [6.07, 6.45) is 1.21. The lowest BCUT2D eigenvalue weighted by Gasteiger charge is -2.39. The monoisotopic (exact) mass is 424 g/mol. The standard InChI is InChI=1S/C23H28N4O4/c1-13-9-15(7-8-16(13)23(29)30)21-12-27(11-14(2)31-21)19(22(25)26)10-18(24)17-5-3-4-6-20(17)28/h3-10,14,21,28H,11-12,24-26H2,1-2H3,(H,29,30)/b18-10-. The number of aromatic hydroxyl groups is 1. The highest BCUT2D eigenvalue weighted by Crippen LogP contribution is 2.30. The van der Waals surface area contributed by atoms with Crippen molar-refractivity contribution in [3.05, 3.63) is 82.3 Å². The lowest BCUT2D eigenvalue weighted by molar-refractivity contribution is -0.0683. The number of para-hydroxylation sites is 1. The third-order valence-corrected chi connectivity index (χ3v) is 5.26. The second kappa shape index (κ2) is 9.01. The summed E-state index contributed by atoms with van der Waals surface area (Å²) in [5.74, 6) is -0.799. The van der Waals surface area contributed by atoms with Gasteiger partial charge in [-0.3, -0.25) is 0 Å². The zero-order valence-electron chi connectivity index (χ0n) is 17.6. The molecule has 2 unspecified atom stereocenters. The number of aryl methyl sites for hydroxylation is 1. The van der Waals surface area contributed by atoms with E-state index in [1.54, 1.807) is 49.4 Å². The van der Waals surface area contributed by atoms with E-state index in [-0.39, 0.29) is 29.3 Å². The number of phenolic OH excluding ortho intramolecular Hbond substituents is 1. The molecule has 0 bridgehead atoms. The molecule has 1 heterocycles. The number of hydrogen-bond acceptors (Lipinski definition) is 7. The molecule has 164 valence electrons. The molecule has 0 radical (unpaired) electrons. The minimum atomic E-state index is -0.963. The first-order chi connectivity index (χ1) is 14.7. The van der Waals surface area contributed by atoms with E-state index in [0.29, 0.717) is 35.6 Å². The molecule has 0 aromatic heterocycles. The lowest BCUT2D eigenvalue weighted by Crippen LogP contribution is -2.43. The van der Waals surface area contributed by atoms with Crippen molar-refractivity contribution < 1.29 is 19.7 Å². The number of allylic oxidation sites excluding steroid dienone is 1. The second-order valence-corrected chi connectivity index (χ2v) is 7.68. The largest absolute Gasteiger partial charge is 0.507 e. The van der Waals surface area contributed by atoms with E-state index in [9.17, 15) is 15.0 Å². The molecule has 1 saturated heterocycles. The van der Waals surface area contributed by atoms with Crippen LogP contribution in [0.2, 0.25) is 0 Å². The number of benzene rings is 2. The van der Waals surface area contributed by atoms with E-state index >= 15 is 0 Å². The Kier molecular flexibility index (Phi) is 6.41. The van der Waals surface area contributed by atoms with Gasteiger partial charge >= 0.3 is 5.97 Å². The Balaban J connectivity index is 1.91. The van der Waals surface area contributed by atoms with Gasteiger partial charge in [0.15, 0.2) is 0 Å². The molecule has 3 rings (SSSR count). The van der Waals surface area contributed by atoms with Gasteiger partial charge in [-0.15, -0.1) is 0 Å². The minimum absolute atomic E-state index is 0.0633. The number of morpholine rings is 1. The fourth-order valence-corrected chi connectivity index (χ4v) is 3.76. The first-order valence-electron chi connectivity index (χ1n) is 9.92. The van der Waals surface area contributed by atoms with Crippen LogP contribution >= 0.6 is 0 Å². The average Bonchev–Trinajstić information content (AvgIpc) is 2.71. The smallest absolute Gasteiger partial charge is 0.335 e. The van der Waals surface area contributed by atoms with Crippen molar-refractivity contribution >= 4 is 11.7 Å². The highest BCUT2D eigenvalue weighted by atomic mass is 16.5. The van der Waals surface area contributed by atoms with Gasteiger partial charge in [0, 0.05) is 24.4 Å². The Hall–Kier alpha value is -3.65. The number of phenols is 1. The van der Waals surface area contributed by atoms with Crippen LogP contribution in [0.25, 0.3) is 5.70 Å². The van der Waals surface area contributed by atoms with Gasteiger partial charge in [-0.05, 0) is 49.2 Å².